The lowest BCUT2D eigenvalue weighted by Crippen LogP contribution is -2.28. The summed E-state index contributed by atoms with van der Waals surface area (Å²) in [5, 5.41) is 3.14. The van der Waals surface area contributed by atoms with Gasteiger partial charge >= 0.3 is 0 Å². The van der Waals surface area contributed by atoms with E-state index < -0.39 is 0 Å². The molecule has 0 bridgehead atoms. The first kappa shape index (κ1) is 12.8. The van der Waals surface area contributed by atoms with Crippen molar-refractivity contribution in [2.45, 2.75) is 19.8 Å². The molecule has 0 aliphatic carbocycles. The van der Waals surface area contributed by atoms with Gasteiger partial charge in [0, 0.05) is 7.05 Å². The van der Waals surface area contributed by atoms with Crippen molar-refractivity contribution in [1.29, 1.82) is 0 Å². The third-order valence-electron chi connectivity index (χ3n) is 2.68. The van der Waals surface area contributed by atoms with Gasteiger partial charge in [0.2, 0.25) is 0 Å². The highest BCUT2D eigenvalue weighted by atomic mass is 16.5. The summed E-state index contributed by atoms with van der Waals surface area (Å²) in [7, 11) is 5.70. The largest absolute Gasteiger partial charge is 0.495 e. The maximum atomic E-state index is 5.38. The minimum atomic E-state index is 0.535. The van der Waals surface area contributed by atoms with Crippen molar-refractivity contribution in [2.24, 2.45) is 0 Å². The van der Waals surface area contributed by atoms with Crippen molar-refractivity contribution in [1.82, 2.24) is 5.32 Å². The summed E-state index contributed by atoms with van der Waals surface area (Å²) in [5.41, 5.74) is 2.46. The van der Waals surface area contributed by atoms with Crippen molar-refractivity contribution in [3.8, 4) is 5.75 Å². The molecule has 0 amide bonds. The zero-order valence-electron chi connectivity index (χ0n) is 10.9. The second-order valence-electron chi connectivity index (χ2n) is 4.30. The second-order valence-corrected chi connectivity index (χ2v) is 4.30. The summed E-state index contributed by atoms with van der Waals surface area (Å²) in [5.74, 6) is 1.45. The number of anilines is 1. The van der Waals surface area contributed by atoms with E-state index in [0.29, 0.717) is 5.92 Å². The number of hydrogen-bond donors (Lipinski definition) is 1. The van der Waals surface area contributed by atoms with Crippen LogP contribution in [0.15, 0.2) is 18.2 Å². The minimum absolute atomic E-state index is 0.535. The first-order valence-electron chi connectivity index (χ1n) is 5.63. The number of ether oxygens (including phenoxy) is 1. The van der Waals surface area contributed by atoms with Crippen LogP contribution in [-0.2, 0) is 0 Å². The molecular weight excluding hydrogens is 200 g/mol. The maximum Gasteiger partial charge on any atom is 0.142 e. The summed E-state index contributed by atoms with van der Waals surface area (Å²) in [6.45, 7) is 5.20. The van der Waals surface area contributed by atoms with Crippen LogP contribution in [0.1, 0.15) is 25.3 Å². The summed E-state index contributed by atoms with van der Waals surface area (Å²) < 4.78 is 5.38. The van der Waals surface area contributed by atoms with Gasteiger partial charge in [0.15, 0.2) is 0 Å². The molecule has 1 N–H and O–H groups in total. The molecule has 0 fully saturated rings. The van der Waals surface area contributed by atoms with E-state index in [1.165, 1.54) is 5.56 Å². The van der Waals surface area contributed by atoms with E-state index >= 15 is 0 Å². The highest BCUT2D eigenvalue weighted by Crippen LogP contribution is 2.30. The standard InChI is InChI=1S/C13H22N2O/c1-10(2)11-6-7-13(16-5)12(8-11)15(4)9-14-3/h6-8,10,14H,9H2,1-5H3. The van der Waals surface area contributed by atoms with E-state index in [1.54, 1.807) is 7.11 Å². The molecule has 0 saturated carbocycles. The van der Waals surface area contributed by atoms with Crippen molar-refractivity contribution < 1.29 is 4.74 Å². The monoisotopic (exact) mass is 222 g/mol. The van der Waals surface area contributed by atoms with Gasteiger partial charge in [-0.25, -0.2) is 0 Å². The molecule has 90 valence electrons. The van der Waals surface area contributed by atoms with Gasteiger partial charge in [-0.3, -0.25) is 0 Å². The van der Waals surface area contributed by atoms with Crippen LogP contribution in [0.3, 0.4) is 0 Å². The summed E-state index contributed by atoms with van der Waals surface area (Å²) >= 11 is 0. The molecule has 3 heteroatoms. The zero-order chi connectivity index (χ0) is 12.1. The van der Waals surface area contributed by atoms with Crippen LogP contribution in [0, 0.1) is 0 Å². The number of nitrogens with one attached hydrogen (secondary N) is 1. The van der Waals surface area contributed by atoms with Gasteiger partial charge in [0.1, 0.15) is 5.75 Å². The summed E-state index contributed by atoms with van der Waals surface area (Å²) in [6, 6.07) is 6.36. The Hall–Kier alpha value is -1.22. The summed E-state index contributed by atoms with van der Waals surface area (Å²) in [6.07, 6.45) is 0. The fourth-order valence-electron chi connectivity index (χ4n) is 1.69. The first-order chi connectivity index (χ1) is 7.60. The van der Waals surface area contributed by atoms with E-state index in [9.17, 15) is 0 Å². The first-order valence-corrected chi connectivity index (χ1v) is 5.63. The third kappa shape index (κ3) is 2.89. The minimum Gasteiger partial charge on any atom is -0.495 e. The Morgan fingerprint density at radius 3 is 2.56 bits per heavy atom. The van der Waals surface area contributed by atoms with Crippen molar-refractivity contribution in [3.05, 3.63) is 23.8 Å². The Morgan fingerprint density at radius 2 is 2.06 bits per heavy atom. The molecule has 0 radical (unpaired) electrons. The molecule has 0 aromatic heterocycles. The van der Waals surface area contributed by atoms with Gasteiger partial charge in [-0.2, -0.15) is 0 Å². The molecule has 0 aliphatic rings. The van der Waals surface area contributed by atoms with Crippen LogP contribution >= 0.6 is 0 Å². The highest BCUT2D eigenvalue weighted by Gasteiger charge is 2.10. The average molecular weight is 222 g/mol. The fraction of sp³-hybridized carbons (Fsp3) is 0.538. The van der Waals surface area contributed by atoms with Gasteiger partial charge in [0.05, 0.1) is 19.5 Å². The van der Waals surface area contributed by atoms with Gasteiger partial charge in [-0.05, 0) is 30.7 Å². The normalized spacial score (nSPS) is 10.6. The van der Waals surface area contributed by atoms with Crippen LogP contribution in [0.4, 0.5) is 5.69 Å². The van der Waals surface area contributed by atoms with Gasteiger partial charge in [0.25, 0.3) is 0 Å². The lowest BCUT2D eigenvalue weighted by atomic mass is 10.0. The Bertz CT molecular complexity index is 337. The zero-order valence-corrected chi connectivity index (χ0v) is 10.9. The Labute approximate surface area is 98.4 Å². The molecule has 1 rings (SSSR count). The van der Waals surface area contributed by atoms with Crippen molar-refractivity contribution in [3.63, 3.8) is 0 Å². The molecular formula is C13H22N2O. The Kier molecular flexibility index (Phi) is 4.62. The lowest BCUT2D eigenvalue weighted by Gasteiger charge is -2.22. The molecule has 0 spiro atoms. The number of rotatable bonds is 5. The number of methoxy groups -OCH3 is 1. The molecule has 1 aromatic rings. The van der Waals surface area contributed by atoms with Gasteiger partial charge < -0.3 is 15.0 Å². The Morgan fingerprint density at radius 1 is 1.38 bits per heavy atom. The van der Waals surface area contributed by atoms with Crippen LogP contribution in [-0.4, -0.2) is 27.9 Å². The summed E-state index contributed by atoms with van der Waals surface area (Å²) in [4.78, 5) is 2.14. The quantitative estimate of drug-likeness (QED) is 0.774. The molecule has 0 unspecified atom stereocenters. The second kappa shape index (κ2) is 5.75. The van der Waals surface area contributed by atoms with Crippen molar-refractivity contribution in [2.75, 3.05) is 32.8 Å². The van der Waals surface area contributed by atoms with Crippen molar-refractivity contribution >= 4 is 5.69 Å². The fourth-order valence-corrected chi connectivity index (χ4v) is 1.69. The van der Waals surface area contributed by atoms with Crippen LogP contribution in [0.5, 0.6) is 5.75 Å². The van der Waals surface area contributed by atoms with E-state index in [1.807, 2.05) is 13.1 Å². The van der Waals surface area contributed by atoms with Crippen LogP contribution in [0.25, 0.3) is 0 Å². The molecule has 0 atom stereocenters. The third-order valence-corrected chi connectivity index (χ3v) is 2.68. The highest BCUT2D eigenvalue weighted by molar-refractivity contribution is 5.60. The molecule has 16 heavy (non-hydrogen) atoms. The van der Waals surface area contributed by atoms with E-state index in [-0.39, 0.29) is 0 Å². The molecule has 0 heterocycles. The molecule has 1 aromatic carbocycles. The number of hydrogen-bond acceptors (Lipinski definition) is 3. The van der Waals surface area contributed by atoms with E-state index in [0.717, 1.165) is 18.1 Å². The maximum absolute atomic E-state index is 5.38. The molecule has 0 aliphatic heterocycles. The van der Waals surface area contributed by atoms with Crippen LogP contribution in [0.2, 0.25) is 0 Å². The lowest BCUT2D eigenvalue weighted by molar-refractivity contribution is 0.414. The predicted octanol–water partition coefficient (Wildman–Crippen LogP) is 2.43. The van der Waals surface area contributed by atoms with Crippen LogP contribution < -0.4 is 15.0 Å². The Balaban J connectivity index is 3.06. The average Bonchev–Trinajstić information content (AvgIpc) is 2.28. The number of nitrogens with zero attached hydrogens (tertiary/aromatic N) is 1. The van der Waals surface area contributed by atoms with E-state index in [2.05, 4.69) is 43.2 Å². The SMILES string of the molecule is CNCN(C)c1cc(C(C)C)ccc1OC. The topological polar surface area (TPSA) is 24.5 Å². The molecule has 3 nitrogen and oxygen atoms in total. The predicted molar refractivity (Wildman–Crippen MR) is 69.4 cm³/mol. The van der Waals surface area contributed by atoms with E-state index in [4.69, 9.17) is 4.74 Å². The van der Waals surface area contributed by atoms with Gasteiger partial charge in [-0.1, -0.05) is 19.9 Å². The van der Waals surface area contributed by atoms with Gasteiger partial charge in [-0.15, -0.1) is 0 Å². The smallest absolute Gasteiger partial charge is 0.142 e. The number of benzene rings is 1. The molecule has 0 saturated heterocycles.